The van der Waals surface area contributed by atoms with Crippen molar-refractivity contribution in [3.8, 4) is 5.75 Å². The van der Waals surface area contributed by atoms with Crippen LogP contribution in [0.5, 0.6) is 5.75 Å². The van der Waals surface area contributed by atoms with Crippen molar-refractivity contribution in [2.45, 2.75) is 50.9 Å². The highest BCUT2D eigenvalue weighted by molar-refractivity contribution is 7.99. The largest absolute Gasteiger partial charge is 0.484 e. The molecule has 3 aromatic rings. The number of ether oxygens (including phenoxy) is 1. The number of nitrogens with one attached hydrogen (secondary N) is 1. The summed E-state index contributed by atoms with van der Waals surface area (Å²) in [5, 5.41) is 11.2. The number of benzene rings is 2. The van der Waals surface area contributed by atoms with Gasteiger partial charge in [-0.05, 0) is 41.5 Å². The Morgan fingerprint density at radius 1 is 1.06 bits per heavy atom. The quantitative estimate of drug-likeness (QED) is 0.362. The summed E-state index contributed by atoms with van der Waals surface area (Å²) in [6, 6.07) is 18.2. The van der Waals surface area contributed by atoms with Crippen LogP contribution in [-0.4, -0.2) is 28.4 Å². The van der Waals surface area contributed by atoms with Crippen LogP contribution in [0.15, 0.2) is 64.2 Å². The summed E-state index contributed by atoms with van der Waals surface area (Å²) in [4.78, 5) is 12.0. The van der Waals surface area contributed by atoms with Gasteiger partial charge in [-0.25, -0.2) is 0 Å². The van der Waals surface area contributed by atoms with Crippen molar-refractivity contribution in [2.75, 3.05) is 12.3 Å². The van der Waals surface area contributed by atoms with Crippen molar-refractivity contribution >= 4 is 17.7 Å². The summed E-state index contributed by atoms with van der Waals surface area (Å²) < 4.78 is 11.3. The summed E-state index contributed by atoms with van der Waals surface area (Å²) in [5.41, 5.74) is 2.62. The van der Waals surface area contributed by atoms with Crippen LogP contribution in [0.25, 0.3) is 0 Å². The Balaban J connectivity index is 1.34. The fourth-order valence-corrected chi connectivity index (χ4v) is 3.50. The Morgan fingerprint density at radius 2 is 1.81 bits per heavy atom. The summed E-state index contributed by atoms with van der Waals surface area (Å²) in [6.07, 6.45) is 1.85. The number of thioether (sulfide) groups is 1. The number of aryl methyl sites for hydroxylation is 1. The van der Waals surface area contributed by atoms with E-state index in [4.69, 9.17) is 9.15 Å². The number of carbonyl (C=O) groups is 1. The fourth-order valence-electron chi connectivity index (χ4n) is 2.89. The first-order valence-electron chi connectivity index (χ1n) is 10.4. The van der Waals surface area contributed by atoms with E-state index in [1.807, 2.05) is 30.3 Å². The Hall–Kier alpha value is -2.80. The summed E-state index contributed by atoms with van der Waals surface area (Å²) in [7, 11) is 0. The SMILES string of the molecule is CC(C)(C)c1ccc(OCc2nnc(SCC(=O)NCCCc3ccccc3)o2)cc1. The predicted molar refractivity (Wildman–Crippen MR) is 122 cm³/mol. The minimum atomic E-state index is -0.0481. The smallest absolute Gasteiger partial charge is 0.277 e. The Labute approximate surface area is 187 Å². The van der Waals surface area contributed by atoms with Crippen LogP contribution < -0.4 is 10.1 Å². The molecule has 6 nitrogen and oxygen atoms in total. The lowest BCUT2D eigenvalue weighted by Crippen LogP contribution is -2.26. The number of aromatic nitrogens is 2. The molecule has 1 amide bonds. The summed E-state index contributed by atoms with van der Waals surface area (Å²) in [5.74, 6) is 1.32. The van der Waals surface area contributed by atoms with Crippen LogP contribution in [0.4, 0.5) is 0 Å². The van der Waals surface area contributed by atoms with Crippen LogP contribution in [0.3, 0.4) is 0 Å². The second kappa shape index (κ2) is 11.0. The minimum Gasteiger partial charge on any atom is -0.484 e. The highest BCUT2D eigenvalue weighted by atomic mass is 32.2. The van der Waals surface area contributed by atoms with Crippen molar-refractivity contribution in [2.24, 2.45) is 0 Å². The molecule has 1 N–H and O–H groups in total. The third-order valence-electron chi connectivity index (χ3n) is 4.66. The highest BCUT2D eigenvalue weighted by Gasteiger charge is 2.14. The standard InChI is InChI=1S/C24H29N3O3S/c1-24(2,3)19-11-13-20(14-12-19)29-16-22-26-27-23(30-22)31-17-21(28)25-15-7-10-18-8-5-4-6-9-18/h4-6,8-9,11-14H,7,10,15-17H2,1-3H3,(H,25,28). The molecule has 3 rings (SSSR count). The lowest BCUT2D eigenvalue weighted by Gasteiger charge is -2.19. The molecule has 1 heterocycles. The Morgan fingerprint density at radius 3 is 2.52 bits per heavy atom. The zero-order valence-electron chi connectivity index (χ0n) is 18.3. The first-order valence-corrected chi connectivity index (χ1v) is 11.4. The van der Waals surface area contributed by atoms with E-state index in [0.29, 0.717) is 17.7 Å². The summed E-state index contributed by atoms with van der Waals surface area (Å²) >= 11 is 1.22. The van der Waals surface area contributed by atoms with Gasteiger partial charge in [0.2, 0.25) is 5.91 Å². The van der Waals surface area contributed by atoms with Gasteiger partial charge in [0, 0.05) is 6.54 Å². The number of carbonyl (C=O) groups excluding carboxylic acids is 1. The topological polar surface area (TPSA) is 77.2 Å². The van der Waals surface area contributed by atoms with E-state index in [-0.39, 0.29) is 23.7 Å². The first kappa shape index (κ1) is 22.9. The molecule has 2 aromatic carbocycles. The molecule has 0 saturated carbocycles. The van der Waals surface area contributed by atoms with Crippen LogP contribution in [0.2, 0.25) is 0 Å². The van der Waals surface area contributed by atoms with Gasteiger partial charge < -0.3 is 14.5 Å². The molecule has 164 valence electrons. The molecule has 0 fully saturated rings. The maximum absolute atomic E-state index is 12.0. The number of hydrogen-bond acceptors (Lipinski definition) is 6. The zero-order valence-corrected chi connectivity index (χ0v) is 19.1. The third kappa shape index (κ3) is 7.75. The molecule has 0 radical (unpaired) electrons. The van der Waals surface area contributed by atoms with E-state index in [9.17, 15) is 4.79 Å². The molecule has 31 heavy (non-hydrogen) atoms. The van der Waals surface area contributed by atoms with E-state index >= 15 is 0 Å². The summed E-state index contributed by atoms with van der Waals surface area (Å²) in [6.45, 7) is 7.35. The van der Waals surface area contributed by atoms with Gasteiger partial charge in [0.15, 0.2) is 6.61 Å². The van der Waals surface area contributed by atoms with Gasteiger partial charge in [0.05, 0.1) is 5.75 Å². The lowest BCUT2D eigenvalue weighted by molar-refractivity contribution is -0.118. The van der Waals surface area contributed by atoms with E-state index in [1.165, 1.54) is 22.9 Å². The third-order valence-corrected chi connectivity index (χ3v) is 5.48. The molecule has 0 bridgehead atoms. The molecule has 7 heteroatoms. The molecule has 0 aliphatic heterocycles. The van der Waals surface area contributed by atoms with Crippen LogP contribution in [0.1, 0.15) is 44.2 Å². The zero-order chi connectivity index (χ0) is 22.1. The number of rotatable bonds is 10. The maximum Gasteiger partial charge on any atom is 0.277 e. The van der Waals surface area contributed by atoms with Gasteiger partial charge in [-0.15, -0.1) is 10.2 Å². The van der Waals surface area contributed by atoms with E-state index < -0.39 is 0 Å². The predicted octanol–water partition coefficient (Wildman–Crippen LogP) is 4.79. The molecule has 0 spiro atoms. The van der Waals surface area contributed by atoms with Gasteiger partial charge in [-0.2, -0.15) is 0 Å². The van der Waals surface area contributed by atoms with Gasteiger partial charge in [0.1, 0.15) is 5.75 Å². The maximum atomic E-state index is 12.0. The molecule has 0 atom stereocenters. The van der Waals surface area contributed by atoms with E-state index in [0.717, 1.165) is 18.6 Å². The van der Waals surface area contributed by atoms with E-state index in [1.54, 1.807) is 0 Å². The van der Waals surface area contributed by atoms with Crippen LogP contribution >= 0.6 is 11.8 Å². The van der Waals surface area contributed by atoms with Gasteiger partial charge in [-0.1, -0.05) is 75.0 Å². The molecule has 1 aromatic heterocycles. The Kier molecular flexibility index (Phi) is 8.12. The van der Waals surface area contributed by atoms with Gasteiger partial charge in [-0.3, -0.25) is 4.79 Å². The molecule has 0 aliphatic rings. The number of nitrogens with zero attached hydrogens (tertiary/aromatic N) is 2. The molecular formula is C24H29N3O3S. The van der Waals surface area contributed by atoms with Crippen LogP contribution in [-0.2, 0) is 23.2 Å². The van der Waals surface area contributed by atoms with Crippen molar-refractivity contribution < 1.29 is 13.9 Å². The van der Waals surface area contributed by atoms with Gasteiger partial charge >= 0.3 is 0 Å². The van der Waals surface area contributed by atoms with Gasteiger partial charge in [0.25, 0.3) is 11.1 Å². The average Bonchev–Trinajstić information content (AvgIpc) is 3.22. The fraction of sp³-hybridized carbons (Fsp3) is 0.375. The minimum absolute atomic E-state index is 0.0481. The first-order chi connectivity index (χ1) is 14.9. The Bertz CT molecular complexity index is 950. The molecule has 0 unspecified atom stereocenters. The van der Waals surface area contributed by atoms with Crippen molar-refractivity contribution in [3.63, 3.8) is 0 Å². The van der Waals surface area contributed by atoms with Crippen LogP contribution in [0, 0.1) is 0 Å². The molecular weight excluding hydrogens is 410 g/mol. The molecule has 0 aliphatic carbocycles. The number of hydrogen-bond donors (Lipinski definition) is 1. The molecule has 0 saturated heterocycles. The number of amides is 1. The average molecular weight is 440 g/mol. The second-order valence-corrected chi connectivity index (χ2v) is 9.18. The van der Waals surface area contributed by atoms with Crippen molar-refractivity contribution in [1.29, 1.82) is 0 Å². The highest BCUT2D eigenvalue weighted by Crippen LogP contribution is 2.24. The van der Waals surface area contributed by atoms with Crippen molar-refractivity contribution in [3.05, 3.63) is 71.6 Å². The van der Waals surface area contributed by atoms with Crippen molar-refractivity contribution in [1.82, 2.24) is 15.5 Å². The lowest BCUT2D eigenvalue weighted by atomic mass is 9.87. The normalized spacial score (nSPS) is 11.3. The second-order valence-electron chi connectivity index (χ2n) is 8.25. The van der Waals surface area contributed by atoms with E-state index in [2.05, 4.69) is 60.6 Å². The monoisotopic (exact) mass is 439 g/mol.